The molecule has 5 heteroatoms. The smallest absolute Gasteiger partial charge is 0.229 e. The highest BCUT2D eigenvalue weighted by Gasteiger charge is 2.32. The van der Waals surface area contributed by atoms with Crippen molar-refractivity contribution in [1.29, 1.82) is 0 Å². The molecule has 1 aromatic rings. The molecule has 1 saturated heterocycles. The minimum Gasteiger partial charge on any atom is -0.492 e. The summed E-state index contributed by atoms with van der Waals surface area (Å²) in [5.41, 5.74) is 1.15. The maximum Gasteiger partial charge on any atom is 0.229 e. The summed E-state index contributed by atoms with van der Waals surface area (Å²) in [6, 6.07) is 8.73. The molecule has 3 rings (SSSR count). The van der Waals surface area contributed by atoms with Crippen LogP contribution in [0.4, 0.5) is 0 Å². The molecule has 0 saturated carbocycles. The molecule has 1 aromatic carbocycles. The lowest BCUT2D eigenvalue weighted by Gasteiger charge is -2.38. The second kappa shape index (κ2) is 6.67. The van der Waals surface area contributed by atoms with E-state index in [9.17, 15) is 4.79 Å². The highest BCUT2D eigenvalue weighted by molar-refractivity contribution is 5.85. The number of ether oxygens (including phenoxy) is 1. The van der Waals surface area contributed by atoms with E-state index in [0.29, 0.717) is 18.7 Å². The van der Waals surface area contributed by atoms with E-state index in [1.807, 2.05) is 23.1 Å². The fourth-order valence-corrected chi connectivity index (χ4v) is 3.25. The first-order chi connectivity index (χ1) is 9.63. The Morgan fingerprint density at radius 1 is 1.24 bits per heavy atom. The number of rotatable bonds is 1. The van der Waals surface area contributed by atoms with Crippen LogP contribution in [0.25, 0.3) is 0 Å². The predicted octanol–water partition coefficient (Wildman–Crippen LogP) is 1.87. The average molecular weight is 311 g/mol. The summed E-state index contributed by atoms with van der Waals surface area (Å²) in [6.07, 6.45) is 0.793. The van der Waals surface area contributed by atoms with Gasteiger partial charge in [-0.1, -0.05) is 18.2 Å². The molecule has 2 aliphatic heterocycles. The quantitative estimate of drug-likeness (QED) is 0.861. The van der Waals surface area contributed by atoms with Gasteiger partial charge in [-0.3, -0.25) is 4.79 Å². The molecule has 1 N–H and O–H groups in total. The first-order valence-electron chi connectivity index (χ1n) is 7.39. The summed E-state index contributed by atoms with van der Waals surface area (Å²) in [5.74, 6) is 1.13. The maximum absolute atomic E-state index is 12.7. The van der Waals surface area contributed by atoms with Crippen molar-refractivity contribution in [2.24, 2.45) is 5.92 Å². The van der Waals surface area contributed by atoms with Crippen molar-refractivity contribution in [2.45, 2.75) is 32.4 Å². The van der Waals surface area contributed by atoms with Crippen molar-refractivity contribution in [2.75, 3.05) is 19.7 Å². The van der Waals surface area contributed by atoms with E-state index in [4.69, 9.17) is 4.74 Å². The van der Waals surface area contributed by atoms with E-state index < -0.39 is 0 Å². The zero-order valence-corrected chi connectivity index (χ0v) is 13.4. The Morgan fingerprint density at radius 3 is 2.62 bits per heavy atom. The van der Waals surface area contributed by atoms with Crippen molar-refractivity contribution in [3.05, 3.63) is 29.8 Å². The second-order valence-corrected chi connectivity index (χ2v) is 6.03. The van der Waals surface area contributed by atoms with Crippen molar-refractivity contribution >= 4 is 18.3 Å². The highest BCUT2D eigenvalue weighted by atomic mass is 35.5. The largest absolute Gasteiger partial charge is 0.492 e. The Labute approximate surface area is 132 Å². The van der Waals surface area contributed by atoms with Crippen LogP contribution < -0.4 is 10.1 Å². The molecule has 2 aliphatic rings. The molecular weight excluding hydrogens is 288 g/mol. The first-order valence-corrected chi connectivity index (χ1v) is 7.39. The minimum atomic E-state index is -0.0394. The topological polar surface area (TPSA) is 41.6 Å². The fraction of sp³-hybridized carbons (Fsp3) is 0.562. The van der Waals surface area contributed by atoms with E-state index in [2.05, 4.69) is 25.2 Å². The van der Waals surface area contributed by atoms with Crippen molar-refractivity contribution in [3.63, 3.8) is 0 Å². The van der Waals surface area contributed by atoms with Crippen LogP contribution in [0.5, 0.6) is 5.75 Å². The zero-order chi connectivity index (χ0) is 14.1. The van der Waals surface area contributed by atoms with Gasteiger partial charge in [-0.05, 0) is 31.9 Å². The number of piperazine rings is 1. The van der Waals surface area contributed by atoms with E-state index in [1.54, 1.807) is 0 Å². The number of benzene rings is 1. The van der Waals surface area contributed by atoms with Crippen LogP contribution in [0.1, 0.15) is 19.4 Å². The third-order valence-electron chi connectivity index (χ3n) is 4.10. The summed E-state index contributed by atoms with van der Waals surface area (Å²) < 4.78 is 5.74. The number of amides is 1. The van der Waals surface area contributed by atoms with E-state index in [0.717, 1.165) is 30.8 Å². The fourth-order valence-electron chi connectivity index (χ4n) is 3.25. The normalized spacial score (nSPS) is 28.1. The van der Waals surface area contributed by atoms with Crippen LogP contribution in [0.3, 0.4) is 0 Å². The summed E-state index contributed by atoms with van der Waals surface area (Å²) >= 11 is 0. The van der Waals surface area contributed by atoms with Gasteiger partial charge in [-0.25, -0.2) is 0 Å². The Hall–Kier alpha value is -1.26. The van der Waals surface area contributed by atoms with E-state index in [-0.39, 0.29) is 24.2 Å². The standard InChI is InChI=1S/C16H22N2O2.ClH/c1-11-8-18(9-12(2)17-11)16(19)14-7-13-5-3-4-6-15(13)20-10-14;/h3-6,11-12,14,17H,7-10H2,1-2H3;1H. The molecule has 1 fully saturated rings. The number of nitrogens with zero attached hydrogens (tertiary/aromatic N) is 1. The average Bonchev–Trinajstić information content (AvgIpc) is 2.45. The number of halogens is 1. The molecule has 0 spiro atoms. The van der Waals surface area contributed by atoms with Gasteiger partial charge >= 0.3 is 0 Å². The van der Waals surface area contributed by atoms with Gasteiger partial charge in [0, 0.05) is 25.2 Å². The van der Waals surface area contributed by atoms with Gasteiger partial charge in [0.1, 0.15) is 12.4 Å². The van der Waals surface area contributed by atoms with Gasteiger partial charge in [0.2, 0.25) is 5.91 Å². The Kier molecular flexibility index (Phi) is 5.12. The lowest BCUT2D eigenvalue weighted by atomic mass is 9.95. The number of fused-ring (bicyclic) bond motifs is 1. The molecule has 1 amide bonds. The number of para-hydroxylation sites is 1. The lowest BCUT2D eigenvalue weighted by molar-refractivity contribution is -0.138. The van der Waals surface area contributed by atoms with Crippen molar-refractivity contribution in [1.82, 2.24) is 10.2 Å². The molecule has 0 aromatic heterocycles. The van der Waals surface area contributed by atoms with Gasteiger partial charge < -0.3 is 15.0 Å². The highest BCUT2D eigenvalue weighted by Crippen LogP contribution is 2.28. The third-order valence-corrected chi connectivity index (χ3v) is 4.10. The molecule has 3 atom stereocenters. The molecule has 0 radical (unpaired) electrons. The monoisotopic (exact) mass is 310 g/mol. The maximum atomic E-state index is 12.7. The molecule has 0 aliphatic carbocycles. The van der Waals surface area contributed by atoms with Gasteiger partial charge in [0.05, 0.1) is 5.92 Å². The van der Waals surface area contributed by atoms with Crippen LogP contribution in [-0.4, -0.2) is 42.6 Å². The van der Waals surface area contributed by atoms with Gasteiger partial charge in [0.25, 0.3) is 0 Å². The second-order valence-electron chi connectivity index (χ2n) is 6.03. The SMILES string of the molecule is CC1CN(C(=O)C2COc3ccccc3C2)CC(C)N1.Cl. The van der Waals surface area contributed by atoms with Crippen LogP contribution in [0.2, 0.25) is 0 Å². The number of hydrogen-bond donors (Lipinski definition) is 1. The summed E-state index contributed by atoms with van der Waals surface area (Å²) in [5, 5.41) is 3.46. The Balaban J connectivity index is 0.00000161. The van der Waals surface area contributed by atoms with Gasteiger partial charge in [0.15, 0.2) is 0 Å². The molecular formula is C16H23ClN2O2. The van der Waals surface area contributed by atoms with Crippen LogP contribution in [0, 0.1) is 5.92 Å². The number of carbonyl (C=O) groups excluding carboxylic acids is 1. The van der Waals surface area contributed by atoms with Crippen LogP contribution in [0.15, 0.2) is 24.3 Å². The van der Waals surface area contributed by atoms with Gasteiger partial charge in [-0.2, -0.15) is 0 Å². The lowest BCUT2D eigenvalue weighted by Crippen LogP contribution is -2.57. The number of hydrogen-bond acceptors (Lipinski definition) is 3. The predicted molar refractivity (Wildman–Crippen MR) is 85.0 cm³/mol. The first kappa shape index (κ1) is 16.1. The summed E-state index contributed by atoms with van der Waals surface area (Å²) in [7, 11) is 0. The van der Waals surface area contributed by atoms with Crippen LogP contribution in [-0.2, 0) is 11.2 Å². The molecule has 4 nitrogen and oxygen atoms in total. The third kappa shape index (κ3) is 3.50. The molecule has 21 heavy (non-hydrogen) atoms. The van der Waals surface area contributed by atoms with Crippen LogP contribution >= 0.6 is 12.4 Å². The molecule has 0 bridgehead atoms. The van der Waals surface area contributed by atoms with Crippen molar-refractivity contribution in [3.8, 4) is 5.75 Å². The number of nitrogens with one attached hydrogen (secondary N) is 1. The van der Waals surface area contributed by atoms with E-state index >= 15 is 0 Å². The Bertz CT molecular complexity index is 499. The number of carbonyl (C=O) groups is 1. The van der Waals surface area contributed by atoms with E-state index in [1.165, 1.54) is 0 Å². The molecule has 116 valence electrons. The molecule has 2 heterocycles. The Morgan fingerprint density at radius 2 is 1.90 bits per heavy atom. The van der Waals surface area contributed by atoms with Crippen molar-refractivity contribution < 1.29 is 9.53 Å². The van der Waals surface area contributed by atoms with Gasteiger partial charge in [-0.15, -0.1) is 12.4 Å². The summed E-state index contributed by atoms with van der Waals surface area (Å²) in [6.45, 7) is 6.34. The summed E-state index contributed by atoms with van der Waals surface area (Å²) in [4.78, 5) is 14.7. The zero-order valence-electron chi connectivity index (χ0n) is 12.5. The minimum absolute atomic E-state index is 0. The molecule has 3 unspecified atom stereocenters.